The number of aromatic nitrogens is 3. The maximum atomic E-state index is 11.0. The summed E-state index contributed by atoms with van der Waals surface area (Å²) in [5.41, 5.74) is 4.63. The third-order valence-electron chi connectivity index (χ3n) is 4.50. The summed E-state index contributed by atoms with van der Waals surface area (Å²) in [6.45, 7) is 12.8. The van der Waals surface area contributed by atoms with Crippen molar-refractivity contribution in [3.63, 3.8) is 0 Å². The second-order valence-corrected chi connectivity index (χ2v) is 8.92. The van der Waals surface area contributed by atoms with Crippen molar-refractivity contribution < 1.29 is 5.11 Å². The Labute approximate surface area is 153 Å². The third-order valence-corrected chi connectivity index (χ3v) is 4.88. The number of hydrogen-bond acceptors (Lipinski definition) is 3. The first-order valence-corrected chi connectivity index (χ1v) is 8.75. The van der Waals surface area contributed by atoms with Crippen LogP contribution in [0.1, 0.15) is 52.7 Å². The molecule has 0 unspecified atom stereocenters. The van der Waals surface area contributed by atoms with Gasteiger partial charge in [0.1, 0.15) is 16.8 Å². The summed E-state index contributed by atoms with van der Waals surface area (Å²) in [6.07, 6.45) is 0. The average Bonchev–Trinajstić information content (AvgIpc) is 2.95. The van der Waals surface area contributed by atoms with Crippen molar-refractivity contribution >= 4 is 22.6 Å². The lowest BCUT2D eigenvalue weighted by molar-refractivity contribution is 0.446. The minimum Gasteiger partial charge on any atom is -0.507 e. The molecule has 0 bridgehead atoms. The smallest absolute Gasteiger partial charge is 0.132 e. The van der Waals surface area contributed by atoms with E-state index in [2.05, 4.69) is 63.0 Å². The van der Waals surface area contributed by atoms with E-state index in [1.54, 1.807) is 0 Å². The number of phenolic OH excluding ortho intramolecular Hbond substituents is 1. The first kappa shape index (κ1) is 17.7. The molecule has 1 heterocycles. The van der Waals surface area contributed by atoms with E-state index in [1.165, 1.54) is 0 Å². The molecule has 3 aromatic rings. The summed E-state index contributed by atoms with van der Waals surface area (Å²) in [4.78, 5) is 0. The number of aromatic hydroxyl groups is 1. The van der Waals surface area contributed by atoms with Crippen molar-refractivity contribution in [3.8, 4) is 16.9 Å². The molecule has 0 aliphatic rings. The predicted octanol–water partition coefficient (Wildman–Crippen LogP) is 5.58. The van der Waals surface area contributed by atoms with E-state index in [1.807, 2.05) is 18.2 Å². The van der Waals surface area contributed by atoms with E-state index < -0.39 is 0 Å². The van der Waals surface area contributed by atoms with Crippen LogP contribution in [0, 0.1) is 0 Å². The van der Waals surface area contributed by atoms with Crippen LogP contribution in [0.2, 0.25) is 5.02 Å². The molecule has 4 nitrogen and oxygen atoms in total. The van der Waals surface area contributed by atoms with Gasteiger partial charge in [0.2, 0.25) is 0 Å². The van der Waals surface area contributed by atoms with Crippen molar-refractivity contribution in [1.82, 2.24) is 15.4 Å². The monoisotopic (exact) mass is 357 g/mol. The standard InChI is InChI=1S/C20H24ClN3O/c1-19(2,3)11-9-13(18(25)14(10-11)20(4,5)6)12-7-8-15-17(16(12)21)23-24-22-15/h7-10,25H,1-6H3,(H,22,23,24). The Bertz CT molecular complexity index is 946. The highest BCUT2D eigenvalue weighted by Gasteiger charge is 2.26. The third kappa shape index (κ3) is 3.11. The molecule has 0 spiro atoms. The van der Waals surface area contributed by atoms with Crippen molar-refractivity contribution in [2.24, 2.45) is 0 Å². The van der Waals surface area contributed by atoms with Gasteiger partial charge in [0, 0.05) is 16.7 Å². The van der Waals surface area contributed by atoms with Crippen LogP contribution in [0.15, 0.2) is 24.3 Å². The van der Waals surface area contributed by atoms with Gasteiger partial charge in [0.15, 0.2) is 0 Å². The van der Waals surface area contributed by atoms with Gasteiger partial charge in [-0.2, -0.15) is 15.4 Å². The number of aromatic amines is 1. The zero-order valence-corrected chi connectivity index (χ0v) is 16.3. The van der Waals surface area contributed by atoms with E-state index >= 15 is 0 Å². The lowest BCUT2D eigenvalue weighted by atomic mass is 9.78. The topological polar surface area (TPSA) is 61.8 Å². The number of benzene rings is 2. The van der Waals surface area contributed by atoms with Crippen LogP contribution in [0.25, 0.3) is 22.2 Å². The Balaban J connectivity index is 2.35. The molecule has 0 aliphatic carbocycles. The summed E-state index contributed by atoms with van der Waals surface area (Å²) in [5.74, 6) is 0.269. The van der Waals surface area contributed by atoms with Crippen molar-refractivity contribution in [2.75, 3.05) is 0 Å². The molecule has 0 fully saturated rings. The number of rotatable bonds is 1. The summed E-state index contributed by atoms with van der Waals surface area (Å²) >= 11 is 6.59. The summed E-state index contributed by atoms with van der Waals surface area (Å²) in [6, 6.07) is 7.88. The molecule has 132 valence electrons. The highest BCUT2D eigenvalue weighted by atomic mass is 35.5. The fourth-order valence-electron chi connectivity index (χ4n) is 2.93. The van der Waals surface area contributed by atoms with Crippen LogP contribution in [-0.4, -0.2) is 20.5 Å². The van der Waals surface area contributed by atoms with Crippen LogP contribution >= 0.6 is 11.6 Å². The van der Waals surface area contributed by atoms with Crippen molar-refractivity contribution in [2.45, 2.75) is 52.4 Å². The molecule has 0 amide bonds. The normalized spacial score (nSPS) is 12.8. The molecular weight excluding hydrogens is 334 g/mol. The number of nitrogens with zero attached hydrogens (tertiary/aromatic N) is 2. The summed E-state index contributed by atoms with van der Waals surface area (Å²) < 4.78 is 0. The zero-order valence-electron chi connectivity index (χ0n) is 15.5. The lowest BCUT2D eigenvalue weighted by Crippen LogP contribution is -2.17. The molecule has 1 aromatic heterocycles. The first-order valence-electron chi connectivity index (χ1n) is 8.37. The van der Waals surface area contributed by atoms with Crippen LogP contribution in [0.4, 0.5) is 0 Å². The van der Waals surface area contributed by atoms with Gasteiger partial charge in [-0.1, -0.05) is 65.3 Å². The Morgan fingerprint density at radius 3 is 2.20 bits per heavy atom. The number of phenols is 1. The van der Waals surface area contributed by atoms with Gasteiger partial charge in [0.25, 0.3) is 0 Å². The van der Waals surface area contributed by atoms with Gasteiger partial charge in [-0.05, 0) is 28.5 Å². The van der Waals surface area contributed by atoms with E-state index in [-0.39, 0.29) is 16.6 Å². The van der Waals surface area contributed by atoms with Crippen LogP contribution < -0.4 is 0 Å². The highest BCUT2D eigenvalue weighted by Crippen LogP contribution is 2.44. The molecule has 2 aromatic carbocycles. The molecule has 0 atom stereocenters. The molecular formula is C20H24ClN3O. The van der Waals surface area contributed by atoms with E-state index in [9.17, 15) is 5.11 Å². The van der Waals surface area contributed by atoms with E-state index in [0.29, 0.717) is 16.1 Å². The Hall–Kier alpha value is -2.07. The van der Waals surface area contributed by atoms with E-state index in [0.717, 1.165) is 22.3 Å². The predicted molar refractivity (Wildman–Crippen MR) is 103 cm³/mol. The molecule has 2 N–H and O–H groups in total. The average molecular weight is 358 g/mol. The summed E-state index contributed by atoms with van der Waals surface area (Å²) in [5, 5.41) is 22.3. The minimum atomic E-state index is -0.190. The number of H-pyrrole nitrogens is 1. The Kier molecular flexibility index (Phi) is 4.07. The van der Waals surface area contributed by atoms with Crippen LogP contribution in [0.3, 0.4) is 0 Å². The Morgan fingerprint density at radius 1 is 0.920 bits per heavy atom. The maximum Gasteiger partial charge on any atom is 0.132 e. The molecule has 0 saturated heterocycles. The number of nitrogens with one attached hydrogen (secondary N) is 1. The molecule has 0 aliphatic heterocycles. The first-order chi connectivity index (χ1) is 11.5. The van der Waals surface area contributed by atoms with Gasteiger partial charge in [-0.3, -0.25) is 0 Å². The fraction of sp³-hybridized carbons (Fsp3) is 0.400. The molecule has 0 saturated carbocycles. The van der Waals surface area contributed by atoms with Gasteiger partial charge in [-0.25, -0.2) is 0 Å². The molecule has 3 rings (SSSR count). The van der Waals surface area contributed by atoms with Crippen molar-refractivity contribution in [3.05, 3.63) is 40.4 Å². The van der Waals surface area contributed by atoms with Crippen molar-refractivity contribution in [1.29, 1.82) is 0 Å². The molecule has 25 heavy (non-hydrogen) atoms. The maximum absolute atomic E-state index is 11.0. The van der Waals surface area contributed by atoms with Crippen LogP contribution in [0.5, 0.6) is 5.75 Å². The second-order valence-electron chi connectivity index (χ2n) is 8.54. The fourth-order valence-corrected chi connectivity index (χ4v) is 3.24. The van der Waals surface area contributed by atoms with Gasteiger partial charge < -0.3 is 5.11 Å². The number of halogens is 1. The molecule has 5 heteroatoms. The molecule has 0 radical (unpaired) electrons. The largest absolute Gasteiger partial charge is 0.507 e. The van der Waals surface area contributed by atoms with Gasteiger partial charge in [0.05, 0.1) is 5.02 Å². The summed E-state index contributed by atoms with van der Waals surface area (Å²) in [7, 11) is 0. The lowest BCUT2D eigenvalue weighted by Gasteiger charge is -2.27. The Morgan fingerprint density at radius 2 is 1.60 bits per heavy atom. The van der Waals surface area contributed by atoms with Gasteiger partial charge >= 0.3 is 0 Å². The SMILES string of the molecule is CC(C)(C)c1cc(-c2ccc3n[nH]nc3c2Cl)c(O)c(C(C)(C)C)c1. The second kappa shape index (κ2) is 5.73. The number of fused-ring (bicyclic) bond motifs is 1. The minimum absolute atomic E-state index is 0.0487. The quantitative estimate of drug-likeness (QED) is 0.597. The van der Waals surface area contributed by atoms with Gasteiger partial charge in [-0.15, -0.1) is 0 Å². The highest BCUT2D eigenvalue weighted by molar-refractivity contribution is 6.37. The van der Waals surface area contributed by atoms with Crippen LogP contribution in [-0.2, 0) is 10.8 Å². The number of hydrogen-bond donors (Lipinski definition) is 2. The zero-order chi connectivity index (χ0) is 18.6. The van der Waals surface area contributed by atoms with E-state index in [4.69, 9.17) is 11.6 Å².